The summed E-state index contributed by atoms with van der Waals surface area (Å²) in [5.74, 6) is -0.554. The van der Waals surface area contributed by atoms with Gasteiger partial charge in [0.25, 0.3) is 5.91 Å². The maximum atomic E-state index is 13.0. The molecule has 0 unspecified atom stereocenters. The number of hydrogen-bond acceptors (Lipinski definition) is 5. The van der Waals surface area contributed by atoms with Gasteiger partial charge in [-0.2, -0.15) is 4.31 Å². The van der Waals surface area contributed by atoms with Crippen LogP contribution in [-0.4, -0.2) is 57.4 Å². The first-order chi connectivity index (χ1) is 14.9. The minimum absolute atomic E-state index is 0.00154. The SMILES string of the molecule is O=C(Nc1ccccc1N1CCCC1=O)c1cc(S(=O)(=O)N2CCOCC2)ccc1Cl. The lowest BCUT2D eigenvalue weighted by molar-refractivity contribution is -0.117. The Hall–Kier alpha value is -2.46. The Balaban J connectivity index is 1.62. The van der Waals surface area contributed by atoms with Crippen molar-refractivity contribution < 1.29 is 22.7 Å². The molecule has 2 amide bonds. The van der Waals surface area contributed by atoms with Crippen LogP contribution in [0.4, 0.5) is 11.4 Å². The summed E-state index contributed by atoms with van der Waals surface area (Å²) in [4.78, 5) is 26.8. The van der Waals surface area contributed by atoms with Crippen molar-refractivity contribution in [2.75, 3.05) is 43.1 Å². The maximum Gasteiger partial charge on any atom is 0.257 e. The van der Waals surface area contributed by atoms with Gasteiger partial charge < -0.3 is 15.0 Å². The monoisotopic (exact) mass is 463 g/mol. The van der Waals surface area contributed by atoms with Crippen molar-refractivity contribution >= 4 is 44.8 Å². The third-order valence-electron chi connectivity index (χ3n) is 5.31. The Morgan fingerprint density at radius 2 is 1.81 bits per heavy atom. The Morgan fingerprint density at radius 1 is 1.06 bits per heavy atom. The lowest BCUT2D eigenvalue weighted by atomic mass is 10.2. The first-order valence-electron chi connectivity index (χ1n) is 9.96. The van der Waals surface area contributed by atoms with Crippen LogP contribution >= 0.6 is 11.6 Å². The van der Waals surface area contributed by atoms with Crippen LogP contribution in [0.25, 0.3) is 0 Å². The fraction of sp³-hybridized carbons (Fsp3) is 0.333. The normalized spacial score (nSPS) is 17.7. The highest BCUT2D eigenvalue weighted by molar-refractivity contribution is 7.89. The van der Waals surface area contributed by atoms with Crippen LogP contribution in [0, 0.1) is 0 Å². The molecule has 8 nitrogen and oxygen atoms in total. The molecule has 2 aliphatic heterocycles. The highest BCUT2D eigenvalue weighted by atomic mass is 35.5. The molecule has 0 atom stereocenters. The van der Waals surface area contributed by atoms with Crippen molar-refractivity contribution in [3.8, 4) is 0 Å². The topological polar surface area (TPSA) is 96.0 Å². The van der Waals surface area contributed by atoms with Gasteiger partial charge in [-0.1, -0.05) is 23.7 Å². The zero-order valence-electron chi connectivity index (χ0n) is 16.7. The number of ether oxygens (including phenoxy) is 1. The Bertz CT molecular complexity index is 1120. The van der Waals surface area contributed by atoms with E-state index in [1.165, 1.54) is 22.5 Å². The number of benzene rings is 2. The predicted octanol–water partition coefficient (Wildman–Crippen LogP) is 2.74. The Morgan fingerprint density at radius 3 is 2.52 bits per heavy atom. The molecule has 4 rings (SSSR count). The van der Waals surface area contributed by atoms with E-state index in [4.69, 9.17) is 16.3 Å². The van der Waals surface area contributed by atoms with Crippen LogP contribution in [0.15, 0.2) is 47.4 Å². The Kier molecular flexibility index (Phi) is 6.29. The van der Waals surface area contributed by atoms with E-state index in [2.05, 4.69) is 5.32 Å². The van der Waals surface area contributed by atoms with Crippen molar-refractivity contribution in [3.05, 3.63) is 53.1 Å². The average molecular weight is 464 g/mol. The van der Waals surface area contributed by atoms with Gasteiger partial charge in [-0.3, -0.25) is 9.59 Å². The van der Waals surface area contributed by atoms with Gasteiger partial charge in [0.05, 0.1) is 40.1 Å². The molecule has 2 saturated heterocycles. The molecule has 2 aliphatic rings. The van der Waals surface area contributed by atoms with E-state index in [1.54, 1.807) is 29.2 Å². The number of carbonyl (C=O) groups excluding carboxylic acids is 2. The van der Waals surface area contributed by atoms with Gasteiger partial charge in [-0.15, -0.1) is 0 Å². The predicted molar refractivity (Wildman–Crippen MR) is 117 cm³/mol. The van der Waals surface area contributed by atoms with E-state index < -0.39 is 15.9 Å². The summed E-state index contributed by atoms with van der Waals surface area (Å²) < 4.78 is 32.4. The average Bonchev–Trinajstić information content (AvgIpc) is 3.20. The number of morpholine rings is 1. The zero-order valence-corrected chi connectivity index (χ0v) is 18.3. The number of sulfonamides is 1. The molecule has 1 N–H and O–H groups in total. The number of hydrogen-bond donors (Lipinski definition) is 1. The second kappa shape index (κ2) is 8.96. The summed E-state index contributed by atoms with van der Waals surface area (Å²) in [7, 11) is -3.77. The molecule has 0 saturated carbocycles. The highest BCUT2D eigenvalue weighted by Crippen LogP contribution is 2.31. The van der Waals surface area contributed by atoms with Gasteiger partial charge >= 0.3 is 0 Å². The van der Waals surface area contributed by atoms with Crippen molar-refractivity contribution in [1.82, 2.24) is 4.31 Å². The maximum absolute atomic E-state index is 13.0. The van der Waals surface area contributed by atoms with Crippen LogP contribution in [-0.2, 0) is 19.6 Å². The fourth-order valence-corrected chi connectivity index (χ4v) is 5.32. The van der Waals surface area contributed by atoms with Crippen molar-refractivity contribution in [2.24, 2.45) is 0 Å². The number of anilines is 2. The van der Waals surface area contributed by atoms with E-state index in [0.29, 0.717) is 37.6 Å². The quantitative estimate of drug-likeness (QED) is 0.735. The van der Waals surface area contributed by atoms with Gasteiger partial charge in [0, 0.05) is 26.1 Å². The first kappa shape index (κ1) is 21.8. The molecule has 0 radical (unpaired) electrons. The van der Waals surface area contributed by atoms with Gasteiger partial charge in [-0.05, 0) is 36.8 Å². The summed E-state index contributed by atoms with van der Waals surface area (Å²) in [6, 6.07) is 11.1. The highest BCUT2D eigenvalue weighted by Gasteiger charge is 2.28. The van der Waals surface area contributed by atoms with E-state index in [-0.39, 0.29) is 34.5 Å². The standard InChI is InChI=1S/C21H22ClN3O5S/c22-17-8-7-15(31(28,29)24-10-12-30-13-11-24)14-16(17)21(27)23-18-4-1-2-5-19(18)25-9-3-6-20(25)26/h1-2,4-5,7-8,14H,3,6,9-13H2,(H,23,27). The molecule has 2 aromatic rings. The molecule has 2 heterocycles. The fourth-order valence-electron chi connectivity index (χ4n) is 3.68. The van der Waals surface area contributed by atoms with Crippen LogP contribution in [0.5, 0.6) is 0 Å². The molecule has 2 aromatic carbocycles. The van der Waals surface area contributed by atoms with E-state index in [9.17, 15) is 18.0 Å². The lowest BCUT2D eigenvalue weighted by Gasteiger charge is -2.26. The van der Waals surface area contributed by atoms with Gasteiger partial charge in [0.2, 0.25) is 15.9 Å². The van der Waals surface area contributed by atoms with Crippen molar-refractivity contribution in [2.45, 2.75) is 17.7 Å². The number of nitrogens with zero attached hydrogens (tertiary/aromatic N) is 2. The second-order valence-corrected chi connectivity index (χ2v) is 9.62. The van der Waals surface area contributed by atoms with Gasteiger partial charge in [0.1, 0.15) is 0 Å². The van der Waals surface area contributed by atoms with Crippen LogP contribution in [0.3, 0.4) is 0 Å². The third-order valence-corrected chi connectivity index (χ3v) is 7.53. The first-order valence-corrected chi connectivity index (χ1v) is 11.8. The molecular weight excluding hydrogens is 442 g/mol. The zero-order chi connectivity index (χ0) is 22.0. The lowest BCUT2D eigenvalue weighted by Crippen LogP contribution is -2.40. The summed E-state index contributed by atoms with van der Waals surface area (Å²) in [5.41, 5.74) is 1.10. The molecule has 2 fully saturated rings. The van der Waals surface area contributed by atoms with E-state index >= 15 is 0 Å². The van der Waals surface area contributed by atoms with E-state index in [0.717, 1.165) is 6.42 Å². The summed E-state index contributed by atoms with van der Waals surface area (Å²) in [6.45, 7) is 1.74. The van der Waals surface area contributed by atoms with Gasteiger partial charge in [0.15, 0.2) is 0 Å². The minimum atomic E-state index is -3.77. The van der Waals surface area contributed by atoms with Crippen molar-refractivity contribution in [1.29, 1.82) is 0 Å². The second-order valence-electron chi connectivity index (χ2n) is 7.28. The number of amides is 2. The molecule has 164 valence electrons. The molecule has 0 spiro atoms. The number of nitrogens with one attached hydrogen (secondary N) is 1. The Labute approximate surface area is 185 Å². The van der Waals surface area contributed by atoms with Crippen molar-refractivity contribution in [3.63, 3.8) is 0 Å². The summed E-state index contributed by atoms with van der Waals surface area (Å²) >= 11 is 6.23. The van der Waals surface area contributed by atoms with E-state index in [1.807, 2.05) is 0 Å². The number of rotatable bonds is 5. The molecule has 0 aliphatic carbocycles. The summed E-state index contributed by atoms with van der Waals surface area (Å²) in [5, 5.41) is 2.91. The van der Waals surface area contributed by atoms with Gasteiger partial charge in [-0.25, -0.2) is 8.42 Å². The minimum Gasteiger partial charge on any atom is -0.379 e. The van der Waals surface area contributed by atoms with Crippen LogP contribution < -0.4 is 10.2 Å². The largest absolute Gasteiger partial charge is 0.379 e. The smallest absolute Gasteiger partial charge is 0.257 e. The number of para-hydroxylation sites is 2. The van der Waals surface area contributed by atoms with Crippen LogP contribution in [0.2, 0.25) is 5.02 Å². The summed E-state index contributed by atoms with van der Waals surface area (Å²) in [6.07, 6.45) is 1.23. The molecule has 0 bridgehead atoms. The third kappa shape index (κ3) is 4.45. The molecular formula is C21H22ClN3O5S. The number of halogens is 1. The van der Waals surface area contributed by atoms with Crippen LogP contribution in [0.1, 0.15) is 23.2 Å². The molecule has 10 heteroatoms. The molecule has 0 aromatic heterocycles. The molecule has 31 heavy (non-hydrogen) atoms. The number of carbonyl (C=O) groups is 2.